The molecule has 0 aliphatic carbocycles. The van der Waals surface area contributed by atoms with Gasteiger partial charge in [-0.3, -0.25) is 0 Å². The van der Waals surface area contributed by atoms with Gasteiger partial charge in [0.1, 0.15) is 0 Å². The first kappa shape index (κ1) is 13.9. The third-order valence-electron chi connectivity index (χ3n) is 3.46. The highest BCUT2D eigenvalue weighted by atomic mass is 14.9. The Morgan fingerprint density at radius 3 is 2.42 bits per heavy atom. The molecule has 0 spiro atoms. The van der Waals surface area contributed by atoms with Crippen molar-refractivity contribution in [2.24, 2.45) is 0 Å². The zero-order chi connectivity index (χ0) is 13.7. The van der Waals surface area contributed by atoms with Crippen LogP contribution in [0.25, 0.3) is 11.0 Å². The van der Waals surface area contributed by atoms with E-state index in [2.05, 4.69) is 31.1 Å². The molecule has 0 radical (unpaired) electrons. The molecule has 1 heterocycles. The number of aryl methyl sites for hydroxylation is 1. The normalized spacial score (nSPS) is 12.8. The third kappa shape index (κ3) is 3.51. The molecule has 0 saturated heterocycles. The number of fused-ring (bicyclic) bond motifs is 1. The van der Waals surface area contributed by atoms with Crippen molar-refractivity contribution in [3.63, 3.8) is 0 Å². The summed E-state index contributed by atoms with van der Waals surface area (Å²) < 4.78 is 0. The van der Waals surface area contributed by atoms with E-state index in [1.54, 1.807) is 0 Å². The van der Waals surface area contributed by atoms with Crippen molar-refractivity contribution >= 4 is 11.0 Å². The standard InChI is InChI=1S/C16H23N3/c1-4-10-17-13(5-2)11-16-12(3)18-14-8-6-7-9-15(14)19-16/h6-9,13,17H,4-5,10-11H2,1-3H3. The predicted octanol–water partition coefficient (Wildman–Crippen LogP) is 3.26. The molecule has 102 valence electrons. The summed E-state index contributed by atoms with van der Waals surface area (Å²) in [5.74, 6) is 0. The zero-order valence-electron chi connectivity index (χ0n) is 12.1. The molecule has 2 aromatic rings. The van der Waals surface area contributed by atoms with Crippen molar-refractivity contribution in [1.82, 2.24) is 15.3 Å². The van der Waals surface area contributed by atoms with Gasteiger partial charge < -0.3 is 5.32 Å². The van der Waals surface area contributed by atoms with E-state index < -0.39 is 0 Å². The molecule has 0 fully saturated rings. The van der Waals surface area contributed by atoms with E-state index in [-0.39, 0.29) is 0 Å². The first-order chi connectivity index (χ1) is 9.24. The van der Waals surface area contributed by atoms with Gasteiger partial charge in [0, 0.05) is 12.5 Å². The molecule has 0 aliphatic rings. The fraction of sp³-hybridized carbons (Fsp3) is 0.500. The molecule has 1 aromatic heterocycles. The second kappa shape index (κ2) is 6.62. The van der Waals surface area contributed by atoms with Crippen molar-refractivity contribution in [2.75, 3.05) is 6.54 Å². The van der Waals surface area contributed by atoms with Gasteiger partial charge in [-0.2, -0.15) is 0 Å². The Morgan fingerprint density at radius 2 is 1.79 bits per heavy atom. The summed E-state index contributed by atoms with van der Waals surface area (Å²) in [7, 11) is 0. The minimum Gasteiger partial charge on any atom is -0.314 e. The van der Waals surface area contributed by atoms with Gasteiger partial charge in [0.25, 0.3) is 0 Å². The Morgan fingerprint density at radius 1 is 1.11 bits per heavy atom. The van der Waals surface area contributed by atoms with Gasteiger partial charge in [-0.25, -0.2) is 9.97 Å². The van der Waals surface area contributed by atoms with Crippen molar-refractivity contribution in [3.05, 3.63) is 35.7 Å². The monoisotopic (exact) mass is 257 g/mol. The lowest BCUT2D eigenvalue weighted by molar-refractivity contribution is 0.489. The first-order valence-electron chi connectivity index (χ1n) is 7.20. The summed E-state index contributed by atoms with van der Waals surface area (Å²) in [4.78, 5) is 9.42. The van der Waals surface area contributed by atoms with Crippen LogP contribution in [0.5, 0.6) is 0 Å². The molecule has 2 rings (SSSR count). The molecule has 0 amide bonds. The van der Waals surface area contributed by atoms with Crippen LogP contribution in [0, 0.1) is 6.92 Å². The van der Waals surface area contributed by atoms with E-state index in [1.807, 2.05) is 24.3 Å². The lowest BCUT2D eigenvalue weighted by Crippen LogP contribution is -2.31. The fourth-order valence-electron chi connectivity index (χ4n) is 2.26. The lowest BCUT2D eigenvalue weighted by atomic mass is 10.1. The molecule has 0 saturated carbocycles. The maximum atomic E-state index is 4.77. The van der Waals surface area contributed by atoms with Crippen LogP contribution in [0.15, 0.2) is 24.3 Å². The van der Waals surface area contributed by atoms with Crippen LogP contribution >= 0.6 is 0 Å². The number of hydrogen-bond acceptors (Lipinski definition) is 3. The SMILES string of the molecule is CCCNC(CC)Cc1nc2ccccc2nc1C. The average Bonchev–Trinajstić information content (AvgIpc) is 2.43. The van der Waals surface area contributed by atoms with Crippen LogP contribution in [-0.4, -0.2) is 22.6 Å². The maximum Gasteiger partial charge on any atom is 0.0890 e. The Hall–Kier alpha value is -1.48. The molecule has 1 atom stereocenters. The molecule has 19 heavy (non-hydrogen) atoms. The fourth-order valence-corrected chi connectivity index (χ4v) is 2.26. The highest BCUT2D eigenvalue weighted by Crippen LogP contribution is 2.14. The van der Waals surface area contributed by atoms with Gasteiger partial charge >= 0.3 is 0 Å². The van der Waals surface area contributed by atoms with Crippen molar-refractivity contribution in [3.8, 4) is 0 Å². The van der Waals surface area contributed by atoms with Gasteiger partial charge in [-0.15, -0.1) is 0 Å². The minimum atomic E-state index is 0.495. The number of benzene rings is 1. The first-order valence-corrected chi connectivity index (χ1v) is 7.20. The van der Waals surface area contributed by atoms with Gasteiger partial charge in [0.15, 0.2) is 0 Å². The van der Waals surface area contributed by atoms with E-state index in [0.717, 1.165) is 41.8 Å². The predicted molar refractivity (Wildman–Crippen MR) is 80.4 cm³/mol. The number of nitrogens with one attached hydrogen (secondary N) is 1. The van der Waals surface area contributed by atoms with E-state index in [4.69, 9.17) is 4.98 Å². The second-order valence-electron chi connectivity index (χ2n) is 5.01. The van der Waals surface area contributed by atoms with E-state index >= 15 is 0 Å². The van der Waals surface area contributed by atoms with Crippen LogP contribution in [-0.2, 0) is 6.42 Å². The molecule has 0 bridgehead atoms. The largest absolute Gasteiger partial charge is 0.314 e. The number of hydrogen-bond donors (Lipinski definition) is 1. The maximum absolute atomic E-state index is 4.77. The zero-order valence-corrected chi connectivity index (χ0v) is 12.1. The van der Waals surface area contributed by atoms with Crippen LogP contribution in [0.3, 0.4) is 0 Å². The topological polar surface area (TPSA) is 37.8 Å². The quantitative estimate of drug-likeness (QED) is 0.863. The van der Waals surface area contributed by atoms with E-state index in [1.165, 1.54) is 6.42 Å². The lowest BCUT2D eigenvalue weighted by Gasteiger charge is -2.17. The van der Waals surface area contributed by atoms with Gasteiger partial charge in [-0.1, -0.05) is 26.0 Å². The smallest absolute Gasteiger partial charge is 0.0890 e. The van der Waals surface area contributed by atoms with Gasteiger partial charge in [0.05, 0.1) is 22.4 Å². The van der Waals surface area contributed by atoms with Crippen LogP contribution in [0.2, 0.25) is 0 Å². The summed E-state index contributed by atoms with van der Waals surface area (Å²) in [6.45, 7) is 7.54. The minimum absolute atomic E-state index is 0.495. The second-order valence-corrected chi connectivity index (χ2v) is 5.01. The van der Waals surface area contributed by atoms with E-state index in [0.29, 0.717) is 6.04 Å². The molecular formula is C16H23N3. The summed E-state index contributed by atoms with van der Waals surface area (Å²) in [5.41, 5.74) is 4.15. The summed E-state index contributed by atoms with van der Waals surface area (Å²) in [5, 5.41) is 3.58. The summed E-state index contributed by atoms with van der Waals surface area (Å²) in [6.07, 6.45) is 3.24. The highest BCUT2D eigenvalue weighted by Gasteiger charge is 2.11. The van der Waals surface area contributed by atoms with E-state index in [9.17, 15) is 0 Å². The Bertz CT molecular complexity index is 537. The molecule has 3 nitrogen and oxygen atoms in total. The number of para-hydroxylation sites is 2. The van der Waals surface area contributed by atoms with Crippen molar-refractivity contribution < 1.29 is 0 Å². The van der Waals surface area contributed by atoms with Crippen LogP contribution < -0.4 is 5.32 Å². The average molecular weight is 257 g/mol. The summed E-state index contributed by atoms with van der Waals surface area (Å²) >= 11 is 0. The van der Waals surface area contributed by atoms with Crippen LogP contribution in [0.1, 0.15) is 38.1 Å². The molecule has 1 N–H and O–H groups in total. The number of rotatable bonds is 6. The van der Waals surface area contributed by atoms with Crippen molar-refractivity contribution in [2.45, 2.75) is 46.1 Å². The molecule has 3 heteroatoms. The highest BCUT2D eigenvalue weighted by molar-refractivity contribution is 5.74. The Kier molecular flexibility index (Phi) is 4.86. The molecular weight excluding hydrogens is 234 g/mol. The molecule has 0 aliphatic heterocycles. The number of nitrogens with zero attached hydrogens (tertiary/aromatic N) is 2. The van der Waals surface area contributed by atoms with Crippen molar-refractivity contribution in [1.29, 1.82) is 0 Å². The number of aromatic nitrogens is 2. The van der Waals surface area contributed by atoms with Gasteiger partial charge in [0.2, 0.25) is 0 Å². The Balaban J connectivity index is 2.21. The van der Waals surface area contributed by atoms with Gasteiger partial charge in [-0.05, 0) is 38.4 Å². The molecule has 1 aromatic carbocycles. The summed E-state index contributed by atoms with van der Waals surface area (Å²) in [6, 6.07) is 8.57. The molecule has 1 unspecified atom stereocenters. The third-order valence-corrected chi connectivity index (χ3v) is 3.46. The van der Waals surface area contributed by atoms with Crippen LogP contribution in [0.4, 0.5) is 0 Å². The Labute approximate surface area is 115 Å².